The fourth-order valence-electron chi connectivity index (χ4n) is 2.55. The second-order valence-electron chi connectivity index (χ2n) is 4.98. The lowest BCUT2D eigenvalue weighted by Gasteiger charge is -2.34. The normalized spacial score (nSPS) is 21.5. The second-order valence-corrected chi connectivity index (χ2v) is 4.98. The van der Waals surface area contributed by atoms with Crippen molar-refractivity contribution >= 4 is 5.84 Å². The van der Waals surface area contributed by atoms with E-state index in [-0.39, 0.29) is 18.5 Å². The number of rotatable bonds is 4. The number of nitrogens with zero attached hydrogens (tertiary/aromatic N) is 2. The largest absolute Gasteiger partial charge is 0.409 e. The highest BCUT2D eigenvalue weighted by atomic mass is 16.4. The molecule has 1 aromatic rings. The van der Waals surface area contributed by atoms with Crippen LogP contribution in [0.15, 0.2) is 29.4 Å². The van der Waals surface area contributed by atoms with E-state index in [4.69, 9.17) is 10.9 Å². The van der Waals surface area contributed by atoms with Crippen LogP contribution in [0.3, 0.4) is 0 Å². The molecule has 1 unspecified atom stereocenters. The Balaban J connectivity index is 2.02. The van der Waals surface area contributed by atoms with E-state index in [1.54, 1.807) is 0 Å². The van der Waals surface area contributed by atoms with E-state index in [0.29, 0.717) is 5.56 Å². The summed E-state index contributed by atoms with van der Waals surface area (Å²) >= 11 is 0. The summed E-state index contributed by atoms with van der Waals surface area (Å²) in [7, 11) is 0. The first-order chi connectivity index (χ1) is 9.24. The zero-order valence-corrected chi connectivity index (χ0v) is 11.0. The molecule has 0 amide bonds. The molecule has 1 aromatic carbocycles. The van der Waals surface area contributed by atoms with Crippen molar-refractivity contribution in [2.75, 3.05) is 13.2 Å². The smallest absolute Gasteiger partial charge is 0.170 e. The summed E-state index contributed by atoms with van der Waals surface area (Å²) in [6.45, 7) is 2.09. The van der Waals surface area contributed by atoms with E-state index in [0.717, 1.165) is 19.5 Å². The van der Waals surface area contributed by atoms with Gasteiger partial charge in [-0.15, -0.1) is 0 Å². The topological polar surface area (TPSA) is 82.1 Å². The van der Waals surface area contributed by atoms with Gasteiger partial charge in [-0.1, -0.05) is 35.8 Å². The predicted octanol–water partition coefficient (Wildman–Crippen LogP) is 1.13. The summed E-state index contributed by atoms with van der Waals surface area (Å²) in [5.74, 6) is 0.123. The molecule has 5 heteroatoms. The monoisotopic (exact) mass is 263 g/mol. The molecule has 19 heavy (non-hydrogen) atoms. The molecule has 0 bridgehead atoms. The van der Waals surface area contributed by atoms with Crippen molar-refractivity contribution in [2.45, 2.75) is 31.8 Å². The Kier molecular flexibility index (Phi) is 4.76. The molecule has 4 N–H and O–H groups in total. The maximum Gasteiger partial charge on any atom is 0.170 e. The standard InChI is InChI=1S/C14H21N3O2/c15-14(16-19)12-6-4-11(5-7-12)9-17-8-2-1-3-13(17)10-18/h4-7,13,18-19H,1-3,8-10H2,(H2,15,16). The number of likely N-dealkylation sites (tertiary alicyclic amines) is 1. The number of piperidine rings is 1. The van der Waals surface area contributed by atoms with Gasteiger partial charge in [0.1, 0.15) is 0 Å². The van der Waals surface area contributed by atoms with Crippen molar-refractivity contribution in [2.24, 2.45) is 10.9 Å². The van der Waals surface area contributed by atoms with E-state index in [9.17, 15) is 5.11 Å². The molecule has 1 heterocycles. The summed E-state index contributed by atoms with van der Waals surface area (Å²) in [5, 5.41) is 21.0. The van der Waals surface area contributed by atoms with Gasteiger partial charge in [0.05, 0.1) is 6.61 Å². The quantitative estimate of drug-likeness (QED) is 0.329. The van der Waals surface area contributed by atoms with Gasteiger partial charge in [0.15, 0.2) is 5.84 Å². The van der Waals surface area contributed by atoms with Crippen molar-refractivity contribution < 1.29 is 10.3 Å². The Morgan fingerprint density at radius 3 is 2.68 bits per heavy atom. The number of aliphatic hydroxyl groups is 1. The molecule has 1 aliphatic heterocycles. The lowest BCUT2D eigenvalue weighted by molar-refractivity contribution is 0.0841. The maximum atomic E-state index is 9.39. The van der Waals surface area contributed by atoms with Crippen molar-refractivity contribution in [1.29, 1.82) is 0 Å². The molecule has 0 aromatic heterocycles. The highest BCUT2D eigenvalue weighted by Gasteiger charge is 2.21. The molecule has 1 fully saturated rings. The molecule has 104 valence electrons. The van der Waals surface area contributed by atoms with Crippen LogP contribution in [-0.4, -0.2) is 40.2 Å². The molecule has 1 saturated heterocycles. The summed E-state index contributed by atoms with van der Waals surface area (Å²) < 4.78 is 0. The van der Waals surface area contributed by atoms with Gasteiger partial charge in [0, 0.05) is 18.2 Å². The molecule has 1 aliphatic rings. The average molecular weight is 263 g/mol. The molecular formula is C14H21N3O2. The van der Waals surface area contributed by atoms with Crippen LogP contribution in [0, 0.1) is 0 Å². The van der Waals surface area contributed by atoms with Gasteiger partial charge in [-0.05, 0) is 24.9 Å². The van der Waals surface area contributed by atoms with Crippen LogP contribution < -0.4 is 5.73 Å². The van der Waals surface area contributed by atoms with Crippen LogP contribution in [0.4, 0.5) is 0 Å². The van der Waals surface area contributed by atoms with Gasteiger partial charge in [0.2, 0.25) is 0 Å². The Hall–Kier alpha value is -1.59. The van der Waals surface area contributed by atoms with Crippen molar-refractivity contribution in [3.8, 4) is 0 Å². The number of oxime groups is 1. The number of hydrogen-bond donors (Lipinski definition) is 3. The van der Waals surface area contributed by atoms with Crippen molar-refractivity contribution in [3.63, 3.8) is 0 Å². The minimum atomic E-state index is 0.123. The molecular weight excluding hydrogens is 242 g/mol. The number of benzene rings is 1. The van der Waals surface area contributed by atoms with Crippen LogP contribution in [0.2, 0.25) is 0 Å². The van der Waals surface area contributed by atoms with E-state index in [2.05, 4.69) is 10.1 Å². The highest BCUT2D eigenvalue weighted by molar-refractivity contribution is 5.96. The first-order valence-corrected chi connectivity index (χ1v) is 6.66. The van der Waals surface area contributed by atoms with Crippen LogP contribution in [-0.2, 0) is 6.54 Å². The number of amidine groups is 1. The minimum Gasteiger partial charge on any atom is -0.409 e. The molecule has 2 rings (SSSR count). The summed E-state index contributed by atoms with van der Waals surface area (Å²) in [6.07, 6.45) is 3.46. The van der Waals surface area contributed by atoms with Gasteiger partial charge in [0.25, 0.3) is 0 Å². The Bertz CT molecular complexity index is 431. The first kappa shape index (κ1) is 13.8. The number of hydrogen-bond acceptors (Lipinski definition) is 4. The Morgan fingerprint density at radius 2 is 2.05 bits per heavy atom. The van der Waals surface area contributed by atoms with Gasteiger partial charge >= 0.3 is 0 Å². The molecule has 0 spiro atoms. The molecule has 1 atom stereocenters. The van der Waals surface area contributed by atoms with E-state index in [1.165, 1.54) is 18.4 Å². The first-order valence-electron chi connectivity index (χ1n) is 6.66. The van der Waals surface area contributed by atoms with Gasteiger partial charge < -0.3 is 16.0 Å². The van der Waals surface area contributed by atoms with Crippen LogP contribution in [0.5, 0.6) is 0 Å². The third kappa shape index (κ3) is 3.45. The van der Waals surface area contributed by atoms with Gasteiger partial charge in [-0.2, -0.15) is 0 Å². The fraction of sp³-hybridized carbons (Fsp3) is 0.500. The van der Waals surface area contributed by atoms with Crippen LogP contribution in [0.1, 0.15) is 30.4 Å². The van der Waals surface area contributed by atoms with E-state index in [1.807, 2.05) is 24.3 Å². The summed E-state index contributed by atoms with van der Waals surface area (Å²) in [6, 6.07) is 7.94. The summed E-state index contributed by atoms with van der Waals surface area (Å²) in [5.41, 5.74) is 7.42. The average Bonchev–Trinajstić information content (AvgIpc) is 2.48. The third-order valence-electron chi connectivity index (χ3n) is 3.70. The molecule has 5 nitrogen and oxygen atoms in total. The van der Waals surface area contributed by atoms with E-state index >= 15 is 0 Å². The summed E-state index contributed by atoms with van der Waals surface area (Å²) in [4.78, 5) is 2.32. The lowest BCUT2D eigenvalue weighted by Crippen LogP contribution is -2.41. The van der Waals surface area contributed by atoms with Gasteiger partial charge in [-0.3, -0.25) is 4.90 Å². The van der Waals surface area contributed by atoms with E-state index < -0.39 is 0 Å². The second kappa shape index (κ2) is 6.54. The maximum absolute atomic E-state index is 9.39. The van der Waals surface area contributed by atoms with Crippen molar-refractivity contribution in [1.82, 2.24) is 4.90 Å². The molecule has 0 saturated carbocycles. The zero-order valence-electron chi connectivity index (χ0n) is 11.0. The lowest BCUT2D eigenvalue weighted by atomic mass is 10.0. The Morgan fingerprint density at radius 1 is 1.32 bits per heavy atom. The third-order valence-corrected chi connectivity index (χ3v) is 3.70. The highest BCUT2D eigenvalue weighted by Crippen LogP contribution is 2.19. The Labute approximate surface area is 113 Å². The number of nitrogens with two attached hydrogens (primary N) is 1. The van der Waals surface area contributed by atoms with Crippen molar-refractivity contribution in [3.05, 3.63) is 35.4 Å². The van der Waals surface area contributed by atoms with Crippen LogP contribution >= 0.6 is 0 Å². The molecule has 0 radical (unpaired) electrons. The number of aliphatic hydroxyl groups excluding tert-OH is 1. The SMILES string of the molecule is NC(=NO)c1ccc(CN2CCCCC2CO)cc1. The van der Waals surface area contributed by atoms with Crippen LogP contribution in [0.25, 0.3) is 0 Å². The zero-order chi connectivity index (χ0) is 13.7. The minimum absolute atomic E-state index is 0.123. The molecule has 0 aliphatic carbocycles. The van der Waals surface area contributed by atoms with Gasteiger partial charge in [-0.25, -0.2) is 0 Å². The fourth-order valence-corrected chi connectivity index (χ4v) is 2.55. The predicted molar refractivity (Wildman–Crippen MR) is 74.1 cm³/mol.